The second kappa shape index (κ2) is 5.25. The number of hydrogen-bond acceptors (Lipinski definition) is 5. The Labute approximate surface area is 108 Å². The predicted molar refractivity (Wildman–Crippen MR) is 66.4 cm³/mol. The van der Waals surface area contributed by atoms with Gasteiger partial charge in [-0.25, -0.2) is 0 Å². The average Bonchev–Trinajstić information content (AvgIpc) is 2.76. The van der Waals surface area contributed by atoms with Crippen molar-refractivity contribution in [3.63, 3.8) is 0 Å². The lowest BCUT2D eigenvalue weighted by Gasteiger charge is -2.44. The normalized spacial score (nSPS) is 36.7. The van der Waals surface area contributed by atoms with Crippen molar-refractivity contribution in [2.24, 2.45) is 5.41 Å². The lowest BCUT2D eigenvalue weighted by atomic mass is 9.87. The summed E-state index contributed by atoms with van der Waals surface area (Å²) in [5.74, 6) is 0. The maximum absolute atomic E-state index is 11.3. The zero-order valence-corrected chi connectivity index (χ0v) is 11.2. The summed E-state index contributed by atoms with van der Waals surface area (Å²) in [5.41, 5.74) is -0.650. The van der Waals surface area contributed by atoms with Gasteiger partial charge in [0.05, 0.1) is 30.3 Å². The third-order valence-electron chi connectivity index (χ3n) is 3.68. The fourth-order valence-electron chi connectivity index (χ4n) is 2.96. The highest BCUT2D eigenvalue weighted by Gasteiger charge is 2.40. The number of aliphatic hydroxyl groups excluding tert-OH is 1. The van der Waals surface area contributed by atoms with Crippen LogP contribution in [0.1, 0.15) is 20.3 Å². The zero-order valence-electron chi connectivity index (χ0n) is 11.2. The van der Waals surface area contributed by atoms with E-state index in [-0.39, 0.29) is 23.7 Å². The SMILES string of the molecule is CC1(C)CN(CC2(C=O)CCOC2)CC(CO)O1. The monoisotopic (exact) mass is 257 g/mol. The first-order chi connectivity index (χ1) is 8.49. The second-order valence-corrected chi connectivity index (χ2v) is 6.13. The van der Waals surface area contributed by atoms with Crippen molar-refractivity contribution in [3.8, 4) is 0 Å². The number of aliphatic hydroxyl groups is 1. The van der Waals surface area contributed by atoms with Crippen molar-refractivity contribution < 1.29 is 19.4 Å². The van der Waals surface area contributed by atoms with Gasteiger partial charge in [-0.05, 0) is 20.3 Å². The number of aldehydes is 1. The van der Waals surface area contributed by atoms with Crippen LogP contribution < -0.4 is 0 Å². The molecule has 2 saturated heterocycles. The minimum atomic E-state index is -0.368. The molecule has 0 amide bonds. The molecular weight excluding hydrogens is 234 g/mol. The Balaban J connectivity index is 2.01. The Morgan fingerprint density at radius 3 is 2.83 bits per heavy atom. The number of carbonyl (C=O) groups is 1. The molecule has 2 heterocycles. The zero-order chi connectivity index (χ0) is 13.2. The maximum atomic E-state index is 11.3. The van der Waals surface area contributed by atoms with E-state index in [0.717, 1.165) is 19.3 Å². The van der Waals surface area contributed by atoms with Crippen LogP contribution in [0.5, 0.6) is 0 Å². The van der Waals surface area contributed by atoms with E-state index in [1.807, 2.05) is 13.8 Å². The van der Waals surface area contributed by atoms with Crippen LogP contribution in [0.2, 0.25) is 0 Å². The topological polar surface area (TPSA) is 59.0 Å². The van der Waals surface area contributed by atoms with Crippen LogP contribution >= 0.6 is 0 Å². The van der Waals surface area contributed by atoms with Crippen molar-refractivity contribution in [2.45, 2.75) is 32.0 Å². The largest absolute Gasteiger partial charge is 0.394 e. The smallest absolute Gasteiger partial charge is 0.129 e. The second-order valence-electron chi connectivity index (χ2n) is 6.13. The molecule has 5 nitrogen and oxygen atoms in total. The number of carbonyl (C=O) groups excluding carboxylic acids is 1. The lowest BCUT2D eigenvalue weighted by Crippen LogP contribution is -2.56. The Kier molecular flexibility index (Phi) is 4.06. The van der Waals surface area contributed by atoms with Gasteiger partial charge in [-0.3, -0.25) is 4.90 Å². The molecule has 2 atom stereocenters. The van der Waals surface area contributed by atoms with Gasteiger partial charge in [-0.15, -0.1) is 0 Å². The molecule has 18 heavy (non-hydrogen) atoms. The fourth-order valence-corrected chi connectivity index (χ4v) is 2.96. The summed E-state index contributed by atoms with van der Waals surface area (Å²) in [4.78, 5) is 13.5. The first kappa shape index (κ1) is 13.9. The Hall–Kier alpha value is -0.490. The number of ether oxygens (including phenoxy) is 2. The van der Waals surface area contributed by atoms with E-state index in [1.165, 1.54) is 0 Å². The number of rotatable bonds is 4. The molecule has 0 aromatic rings. The molecule has 104 valence electrons. The summed E-state index contributed by atoms with van der Waals surface area (Å²) in [6.07, 6.45) is 1.66. The molecule has 1 N–H and O–H groups in total. The van der Waals surface area contributed by atoms with Crippen molar-refractivity contribution >= 4 is 6.29 Å². The van der Waals surface area contributed by atoms with Crippen LogP contribution in [-0.2, 0) is 14.3 Å². The molecule has 0 aromatic carbocycles. The molecule has 0 bridgehead atoms. The molecule has 0 aliphatic carbocycles. The average molecular weight is 257 g/mol. The Morgan fingerprint density at radius 1 is 1.50 bits per heavy atom. The number of hydrogen-bond donors (Lipinski definition) is 1. The van der Waals surface area contributed by atoms with Crippen LogP contribution in [0.4, 0.5) is 0 Å². The quantitative estimate of drug-likeness (QED) is 0.722. The number of nitrogens with zero attached hydrogens (tertiary/aromatic N) is 1. The Bertz CT molecular complexity index is 299. The van der Waals surface area contributed by atoms with Gasteiger partial charge in [0.1, 0.15) is 6.29 Å². The number of morpholine rings is 1. The van der Waals surface area contributed by atoms with Crippen molar-refractivity contribution in [1.82, 2.24) is 4.90 Å². The van der Waals surface area contributed by atoms with E-state index in [9.17, 15) is 9.90 Å². The van der Waals surface area contributed by atoms with Gasteiger partial charge in [-0.2, -0.15) is 0 Å². The van der Waals surface area contributed by atoms with Crippen LogP contribution in [-0.4, -0.2) is 67.5 Å². The standard InChI is InChI=1S/C13H23NO4/c1-12(2)7-14(5-11(6-15)18-12)8-13(9-16)3-4-17-10-13/h9,11,15H,3-8,10H2,1-2H3. The first-order valence-electron chi connectivity index (χ1n) is 6.54. The molecule has 2 unspecified atom stereocenters. The van der Waals surface area contributed by atoms with E-state index in [4.69, 9.17) is 9.47 Å². The predicted octanol–water partition coefficient (Wildman–Crippen LogP) is 0.0637. The lowest BCUT2D eigenvalue weighted by molar-refractivity contribution is -0.155. The minimum absolute atomic E-state index is 0.0184. The van der Waals surface area contributed by atoms with Gasteiger partial charge >= 0.3 is 0 Å². The molecular formula is C13H23NO4. The van der Waals surface area contributed by atoms with Crippen molar-refractivity contribution in [3.05, 3.63) is 0 Å². The highest BCUT2D eigenvalue weighted by Crippen LogP contribution is 2.30. The molecule has 2 aliphatic heterocycles. The van der Waals surface area contributed by atoms with Gasteiger partial charge in [0.15, 0.2) is 0 Å². The maximum Gasteiger partial charge on any atom is 0.129 e. The summed E-state index contributed by atoms with van der Waals surface area (Å²) < 4.78 is 11.1. The van der Waals surface area contributed by atoms with Gasteiger partial charge in [0.25, 0.3) is 0 Å². The molecule has 0 aromatic heterocycles. The van der Waals surface area contributed by atoms with Gasteiger partial charge in [-0.1, -0.05) is 0 Å². The van der Waals surface area contributed by atoms with Crippen LogP contribution in [0.3, 0.4) is 0 Å². The van der Waals surface area contributed by atoms with Crippen LogP contribution in [0.15, 0.2) is 0 Å². The van der Waals surface area contributed by atoms with E-state index >= 15 is 0 Å². The van der Waals surface area contributed by atoms with Gasteiger partial charge in [0, 0.05) is 26.2 Å². The van der Waals surface area contributed by atoms with E-state index in [2.05, 4.69) is 4.90 Å². The third kappa shape index (κ3) is 3.09. The molecule has 5 heteroatoms. The van der Waals surface area contributed by atoms with Crippen LogP contribution in [0.25, 0.3) is 0 Å². The molecule has 2 fully saturated rings. The van der Waals surface area contributed by atoms with Crippen molar-refractivity contribution in [1.29, 1.82) is 0 Å². The highest BCUT2D eigenvalue weighted by molar-refractivity contribution is 5.60. The third-order valence-corrected chi connectivity index (χ3v) is 3.68. The molecule has 0 spiro atoms. The highest BCUT2D eigenvalue weighted by atomic mass is 16.5. The summed E-state index contributed by atoms with van der Waals surface area (Å²) in [6, 6.07) is 0. The van der Waals surface area contributed by atoms with Crippen LogP contribution in [0, 0.1) is 5.41 Å². The summed E-state index contributed by atoms with van der Waals surface area (Å²) in [7, 11) is 0. The molecule has 0 saturated carbocycles. The molecule has 0 radical (unpaired) electrons. The van der Waals surface area contributed by atoms with E-state index in [1.54, 1.807) is 0 Å². The summed E-state index contributed by atoms with van der Waals surface area (Å²) >= 11 is 0. The van der Waals surface area contributed by atoms with Gasteiger partial charge in [0.2, 0.25) is 0 Å². The first-order valence-corrected chi connectivity index (χ1v) is 6.54. The van der Waals surface area contributed by atoms with Gasteiger partial charge < -0.3 is 19.4 Å². The Morgan fingerprint density at radius 2 is 2.28 bits per heavy atom. The summed E-state index contributed by atoms with van der Waals surface area (Å²) in [5, 5.41) is 9.28. The molecule has 2 aliphatic rings. The van der Waals surface area contributed by atoms with Crippen molar-refractivity contribution in [2.75, 3.05) is 39.5 Å². The minimum Gasteiger partial charge on any atom is -0.394 e. The fraction of sp³-hybridized carbons (Fsp3) is 0.923. The van der Waals surface area contributed by atoms with E-state index < -0.39 is 0 Å². The molecule has 2 rings (SSSR count). The summed E-state index contributed by atoms with van der Waals surface area (Å²) in [6.45, 7) is 7.37. The van der Waals surface area contributed by atoms with E-state index in [0.29, 0.717) is 26.3 Å².